The summed E-state index contributed by atoms with van der Waals surface area (Å²) in [5.74, 6) is -1.21. The number of aryl methyl sites for hydroxylation is 1. The van der Waals surface area contributed by atoms with Crippen LogP contribution in [0.3, 0.4) is 0 Å². The Bertz CT molecular complexity index is 870. The summed E-state index contributed by atoms with van der Waals surface area (Å²) in [5, 5.41) is 9.96. The van der Waals surface area contributed by atoms with Gasteiger partial charge in [-0.2, -0.15) is 0 Å². The first-order valence-corrected chi connectivity index (χ1v) is 7.32. The molecule has 0 aliphatic rings. The number of carboxylic acids is 1. The normalized spacial score (nSPS) is 10.9. The standard InChI is InChI=1S/C18H16FNO3/c1-2-20-10-13(11-23-17-6-4-3-5-15(17)19)14-9-12(18(21)22)7-8-16(14)20/h3-10H,2,11H2,1H3,(H,21,22). The van der Waals surface area contributed by atoms with Crippen molar-refractivity contribution in [3.8, 4) is 5.75 Å². The Morgan fingerprint density at radius 3 is 2.74 bits per heavy atom. The average Bonchev–Trinajstić information content (AvgIpc) is 2.91. The van der Waals surface area contributed by atoms with Gasteiger partial charge in [0.25, 0.3) is 0 Å². The van der Waals surface area contributed by atoms with Gasteiger partial charge in [-0.3, -0.25) is 0 Å². The molecule has 0 bridgehead atoms. The zero-order valence-corrected chi connectivity index (χ0v) is 12.6. The molecule has 1 heterocycles. The van der Waals surface area contributed by atoms with Crippen molar-refractivity contribution in [1.82, 2.24) is 4.57 Å². The third-order valence-corrected chi connectivity index (χ3v) is 3.77. The minimum atomic E-state index is -0.975. The van der Waals surface area contributed by atoms with Crippen molar-refractivity contribution in [2.75, 3.05) is 0 Å². The van der Waals surface area contributed by atoms with Crippen LogP contribution in [0.5, 0.6) is 5.75 Å². The second-order valence-corrected chi connectivity index (χ2v) is 5.20. The van der Waals surface area contributed by atoms with Gasteiger partial charge in [0.2, 0.25) is 0 Å². The van der Waals surface area contributed by atoms with Crippen LogP contribution in [0.4, 0.5) is 4.39 Å². The molecule has 0 amide bonds. The first-order valence-electron chi connectivity index (χ1n) is 7.32. The van der Waals surface area contributed by atoms with Crippen molar-refractivity contribution in [3.05, 3.63) is 65.6 Å². The van der Waals surface area contributed by atoms with Crippen LogP contribution < -0.4 is 4.74 Å². The van der Waals surface area contributed by atoms with Gasteiger partial charge in [0.1, 0.15) is 6.61 Å². The lowest BCUT2D eigenvalue weighted by molar-refractivity contribution is 0.0697. The van der Waals surface area contributed by atoms with Crippen molar-refractivity contribution >= 4 is 16.9 Å². The first kappa shape index (κ1) is 15.1. The number of rotatable bonds is 5. The fourth-order valence-electron chi connectivity index (χ4n) is 2.60. The number of hydrogen-bond donors (Lipinski definition) is 1. The number of benzene rings is 2. The number of ether oxygens (including phenoxy) is 1. The van der Waals surface area contributed by atoms with Crippen LogP contribution in [0.25, 0.3) is 10.9 Å². The summed E-state index contributed by atoms with van der Waals surface area (Å²) in [6, 6.07) is 11.2. The summed E-state index contributed by atoms with van der Waals surface area (Å²) in [7, 11) is 0. The van der Waals surface area contributed by atoms with E-state index in [-0.39, 0.29) is 17.9 Å². The molecule has 4 nitrogen and oxygen atoms in total. The lowest BCUT2D eigenvalue weighted by Gasteiger charge is -2.06. The van der Waals surface area contributed by atoms with Crippen LogP contribution in [0, 0.1) is 5.82 Å². The van der Waals surface area contributed by atoms with Crippen LogP contribution in [0.2, 0.25) is 0 Å². The molecule has 0 saturated carbocycles. The van der Waals surface area contributed by atoms with Gasteiger partial charge in [0.15, 0.2) is 11.6 Å². The number of fused-ring (bicyclic) bond motifs is 1. The number of aromatic nitrogens is 1. The predicted octanol–water partition coefficient (Wildman–Crippen LogP) is 4.08. The van der Waals surface area contributed by atoms with E-state index in [0.717, 1.165) is 23.0 Å². The molecule has 23 heavy (non-hydrogen) atoms. The first-order chi connectivity index (χ1) is 11.1. The van der Waals surface area contributed by atoms with Gasteiger partial charge < -0.3 is 14.4 Å². The molecule has 0 saturated heterocycles. The number of carboxylic acid groups (broad SMARTS) is 1. The van der Waals surface area contributed by atoms with Crippen LogP contribution in [-0.4, -0.2) is 15.6 Å². The van der Waals surface area contributed by atoms with Crippen molar-refractivity contribution in [1.29, 1.82) is 0 Å². The third-order valence-electron chi connectivity index (χ3n) is 3.77. The highest BCUT2D eigenvalue weighted by Crippen LogP contribution is 2.25. The van der Waals surface area contributed by atoms with Gasteiger partial charge in [-0.25, -0.2) is 9.18 Å². The van der Waals surface area contributed by atoms with Crippen molar-refractivity contribution in [2.24, 2.45) is 0 Å². The van der Waals surface area contributed by atoms with Gasteiger partial charge in [-0.1, -0.05) is 12.1 Å². The Morgan fingerprint density at radius 1 is 1.26 bits per heavy atom. The van der Waals surface area contributed by atoms with E-state index >= 15 is 0 Å². The number of hydrogen-bond acceptors (Lipinski definition) is 2. The van der Waals surface area contributed by atoms with Crippen molar-refractivity contribution < 1.29 is 19.0 Å². The molecule has 2 aromatic carbocycles. The quantitative estimate of drug-likeness (QED) is 0.772. The fraction of sp³-hybridized carbons (Fsp3) is 0.167. The molecule has 118 valence electrons. The van der Waals surface area contributed by atoms with Gasteiger partial charge in [0.05, 0.1) is 5.56 Å². The molecule has 0 aliphatic heterocycles. The molecule has 1 aromatic heterocycles. The molecule has 5 heteroatoms. The maximum absolute atomic E-state index is 13.6. The molecule has 3 rings (SSSR count). The highest BCUT2D eigenvalue weighted by atomic mass is 19.1. The van der Waals surface area contributed by atoms with E-state index < -0.39 is 11.8 Å². The highest BCUT2D eigenvalue weighted by Gasteiger charge is 2.12. The molecular formula is C18H16FNO3. The monoisotopic (exact) mass is 313 g/mol. The third kappa shape index (κ3) is 2.90. The van der Waals surface area contributed by atoms with Crippen LogP contribution >= 0.6 is 0 Å². The molecule has 0 aliphatic carbocycles. The van der Waals surface area contributed by atoms with Crippen LogP contribution in [-0.2, 0) is 13.2 Å². The largest absolute Gasteiger partial charge is 0.486 e. The van der Waals surface area contributed by atoms with E-state index in [1.54, 1.807) is 36.4 Å². The van der Waals surface area contributed by atoms with Gasteiger partial charge >= 0.3 is 5.97 Å². The molecule has 0 atom stereocenters. The smallest absolute Gasteiger partial charge is 0.335 e. The van der Waals surface area contributed by atoms with Gasteiger partial charge in [-0.05, 0) is 37.3 Å². The Kier molecular flexibility index (Phi) is 4.02. The summed E-state index contributed by atoms with van der Waals surface area (Å²) >= 11 is 0. The molecule has 1 N–H and O–H groups in total. The Labute approximate surface area is 132 Å². The van der Waals surface area contributed by atoms with Crippen LogP contribution in [0.15, 0.2) is 48.7 Å². The lowest BCUT2D eigenvalue weighted by atomic mass is 10.1. The van der Waals surface area contributed by atoms with Crippen LogP contribution in [0.1, 0.15) is 22.8 Å². The molecular weight excluding hydrogens is 297 g/mol. The summed E-state index contributed by atoms with van der Waals surface area (Å²) in [4.78, 5) is 11.2. The number of carbonyl (C=O) groups is 1. The van der Waals surface area contributed by atoms with E-state index in [2.05, 4.69) is 0 Å². The van der Waals surface area contributed by atoms with E-state index in [4.69, 9.17) is 9.84 Å². The number of aromatic carboxylic acids is 1. The maximum atomic E-state index is 13.6. The van der Waals surface area contributed by atoms with E-state index in [0.29, 0.717) is 0 Å². The van der Waals surface area contributed by atoms with Gasteiger partial charge in [-0.15, -0.1) is 0 Å². The van der Waals surface area contributed by atoms with Crippen molar-refractivity contribution in [3.63, 3.8) is 0 Å². The minimum Gasteiger partial charge on any atom is -0.486 e. The SMILES string of the molecule is CCn1cc(COc2ccccc2F)c2cc(C(=O)O)ccc21. The topological polar surface area (TPSA) is 51.5 Å². The lowest BCUT2D eigenvalue weighted by Crippen LogP contribution is -1.98. The summed E-state index contributed by atoms with van der Waals surface area (Å²) in [6.45, 7) is 2.93. The summed E-state index contributed by atoms with van der Waals surface area (Å²) in [6.07, 6.45) is 1.91. The Hall–Kier alpha value is -2.82. The van der Waals surface area contributed by atoms with Crippen molar-refractivity contribution in [2.45, 2.75) is 20.1 Å². The Morgan fingerprint density at radius 2 is 2.04 bits per heavy atom. The number of para-hydroxylation sites is 1. The van der Waals surface area contributed by atoms with E-state index in [1.807, 2.05) is 17.7 Å². The highest BCUT2D eigenvalue weighted by molar-refractivity contribution is 5.95. The van der Waals surface area contributed by atoms with Gasteiger partial charge in [0, 0.05) is 29.2 Å². The zero-order valence-electron chi connectivity index (χ0n) is 12.6. The second kappa shape index (κ2) is 6.12. The molecule has 0 fully saturated rings. The molecule has 0 radical (unpaired) electrons. The maximum Gasteiger partial charge on any atom is 0.335 e. The Balaban J connectivity index is 1.97. The summed E-state index contributed by atoms with van der Waals surface area (Å²) in [5.41, 5.74) is 1.98. The zero-order chi connectivity index (χ0) is 16.4. The second-order valence-electron chi connectivity index (χ2n) is 5.20. The number of halogens is 1. The summed E-state index contributed by atoms with van der Waals surface area (Å²) < 4.78 is 21.2. The predicted molar refractivity (Wildman–Crippen MR) is 85.3 cm³/mol. The van der Waals surface area contributed by atoms with E-state index in [9.17, 15) is 9.18 Å². The number of nitrogens with zero attached hydrogens (tertiary/aromatic N) is 1. The molecule has 0 spiro atoms. The fourth-order valence-corrected chi connectivity index (χ4v) is 2.60. The van der Waals surface area contributed by atoms with E-state index in [1.165, 1.54) is 6.07 Å². The molecule has 0 unspecified atom stereocenters. The average molecular weight is 313 g/mol. The molecule has 3 aromatic rings. The minimum absolute atomic E-state index is 0.174.